The zero-order valence-corrected chi connectivity index (χ0v) is 7.42. The number of carbonyl (C=O) groups is 1. The first-order valence-corrected chi connectivity index (χ1v) is 3.65. The van der Waals surface area contributed by atoms with Crippen LogP contribution >= 0.6 is 0 Å². The van der Waals surface area contributed by atoms with Crippen LogP contribution in [0.5, 0.6) is 5.75 Å². The molecule has 1 aromatic rings. The third-order valence-corrected chi connectivity index (χ3v) is 1.44. The number of ether oxygens (including phenoxy) is 1. The molecule has 0 radical (unpaired) electrons. The van der Waals surface area contributed by atoms with Gasteiger partial charge in [-0.05, 0) is 0 Å². The van der Waals surface area contributed by atoms with E-state index in [4.69, 9.17) is 4.74 Å². The number of anilines is 1. The van der Waals surface area contributed by atoms with Crippen molar-refractivity contribution in [2.45, 2.75) is 6.92 Å². The van der Waals surface area contributed by atoms with Crippen molar-refractivity contribution >= 4 is 11.7 Å². The smallest absolute Gasteiger partial charge is 0.308 e. The molecule has 0 atom stereocenters. The second kappa shape index (κ2) is 3.30. The van der Waals surface area contributed by atoms with Gasteiger partial charge in [-0.25, -0.2) is 0 Å². The monoisotopic (exact) mass is 168 g/mol. The van der Waals surface area contributed by atoms with Crippen LogP contribution in [-0.4, -0.2) is 17.6 Å². The second-order valence-electron chi connectivity index (χ2n) is 2.55. The predicted molar refractivity (Wildman–Crippen MR) is 46.3 cm³/mol. The van der Waals surface area contributed by atoms with Crippen molar-refractivity contribution in [2.75, 3.05) is 12.4 Å². The molecule has 0 amide bonds. The van der Waals surface area contributed by atoms with E-state index in [2.05, 4.69) is 5.32 Å². The number of hydrogen-bond acceptors (Lipinski definition) is 3. The lowest BCUT2D eigenvalue weighted by molar-refractivity contribution is -0.131. The highest BCUT2D eigenvalue weighted by molar-refractivity contribution is 5.72. The van der Waals surface area contributed by atoms with Gasteiger partial charge in [0.15, 0.2) is 5.75 Å². The summed E-state index contributed by atoms with van der Waals surface area (Å²) in [5, 5.41) is 2.92. The summed E-state index contributed by atoms with van der Waals surface area (Å²) in [5.74, 6) is 0.255. The Bertz CT molecular complexity index is 291. The molecule has 66 valence electrons. The topological polar surface area (TPSA) is 43.3 Å². The van der Waals surface area contributed by atoms with Crippen LogP contribution in [0.1, 0.15) is 6.92 Å². The fraction of sp³-hybridized carbons (Fsp3) is 0.375. The molecule has 0 aliphatic heterocycles. The van der Waals surface area contributed by atoms with Crippen molar-refractivity contribution in [1.29, 1.82) is 0 Å². The first-order chi connectivity index (χ1) is 5.63. The number of hydrogen-bond donors (Lipinski definition) is 1. The molecule has 1 N–H and O–H groups in total. The Morgan fingerprint density at radius 3 is 2.75 bits per heavy atom. The Hall–Kier alpha value is -1.45. The molecule has 1 rings (SSSR count). The molecule has 1 aromatic heterocycles. The molecule has 0 unspecified atom stereocenters. The van der Waals surface area contributed by atoms with E-state index in [-0.39, 0.29) is 5.97 Å². The molecule has 0 fully saturated rings. The van der Waals surface area contributed by atoms with E-state index in [1.807, 2.05) is 17.8 Å². The van der Waals surface area contributed by atoms with Gasteiger partial charge in [-0.2, -0.15) is 0 Å². The Labute approximate surface area is 71.1 Å². The number of rotatable bonds is 2. The minimum Gasteiger partial charge on any atom is -0.423 e. The standard InChI is InChI=1S/C8H12N2O2/c1-6(11)12-8-5-10(3)4-7(8)9-2/h4-5,9H,1-3H3. The molecule has 0 spiro atoms. The number of aromatic nitrogens is 1. The van der Waals surface area contributed by atoms with Crippen molar-refractivity contribution in [1.82, 2.24) is 4.57 Å². The summed E-state index contributed by atoms with van der Waals surface area (Å²) in [5.41, 5.74) is 0.813. The third-order valence-electron chi connectivity index (χ3n) is 1.44. The van der Waals surface area contributed by atoms with Gasteiger partial charge in [0, 0.05) is 33.4 Å². The van der Waals surface area contributed by atoms with E-state index in [0.717, 1.165) is 5.69 Å². The van der Waals surface area contributed by atoms with Gasteiger partial charge in [0.1, 0.15) is 0 Å². The molecule has 0 saturated carbocycles. The largest absolute Gasteiger partial charge is 0.423 e. The van der Waals surface area contributed by atoms with Crippen molar-refractivity contribution in [3.63, 3.8) is 0 Å². The number of nitrogens with zero attached hydrogens (tertiary/aromatic N) is 1. The fourth-order valence-corrected chi connectivity index (χ4v) is 0.983. The highest BCUT2D eigenvalue weighted by Gasteiger charge is 2.06. The van der Waals surface area contributed by atoms with Gasteiger partial charge in [-0.3, -0.25) is 4.79 Å². The van der Waals surface area contributed by atoms with Crippen LogP contribution < -0.4 is 10.1 Å². The highest BCUT2D eigenvalue weighted by Crippen LogP contribution is 2.24. The lowest BCUT2D eigenvalue weighted by Crippen LogP contribution is -2.02. The molecular formula is C8H12N2O2. The van der Waals surface area contributed by atoms with Crippen LogP contribution in [0.2, 0.25) is 0 Å². The SMILES string of the molecule is CNc1cn(C)cc1OC(C)=O. The van der Waals surface area contributed by atoms with E-state index >= 15 is 0 Å². The van der Waals surface area contributed by atoms with Gasteiger partial charge in [0.05, 0.1) is 5.69 Å². The van der Waals surface area contributed by atoms with E-state index in [9.17, 15) is 4.79 Å². The highest BCUT2D eigenvalue weighted by atomic mass is 16.5. The van der Waals surface area contributed by atoms with E-state index in [1.54, 1.807) is 13.2 Å². The first kappa shape index (κ1) is 8.64. The Balaban J connectivity index is 2.89. The van der Waals surface area contributed by atoms with Crippen LogP contribution in [-0.2, 0) is 11.8 Å². The maximum atomic E-state index is 10.6. The second-order valence-corrected chi connectivity index (χ2v) is 2.55. The summed E-state index contributed by atoms with van der Waals surface area (Å²) >= 11 is 0. The molecule has 0 bridgehead atoms. The van der Waals surface area contributed by atoms with Crippen LogP contribution in [0.15, 0.2) is 12.4 Å². The van der Waals surface area contributed by atoms with Crippen LogP contribution in [0.25, 0.3) is 0 Å². The van der Waals surface area contributed by atoms with Gasteiger partial charge in [-0.1, -0.05) is 0 Å². The Kier molecular flexibility index (Phi) is 2.38. The molecule has 0 aromatic carbocycles. The quantitative estimate of drug-likeness (QED) is 0.670. The molecule has 12 heavy (non-hydrogen) atoms. The summed E-state index contributed by atoms with van der Waals surface area (Å²) in [6.45, 7) is 1.38. The van der Waals surface area contributed by atoms with Crippen LogP contribution in [0, 0.1) is 0 Å². The molecule has 0 aliphatic carbocycles. The zero-order chi connectivity index (χ0) is 9.14. The molecular weight excluding hydrogens is 156 g/mol. The number of carbonyl (C=O) groups excluding carboxylic acids is 1. The lowest BCUT2D eigenvalue weighted by atomic mass is 10.5. The summed E-state index contributed by atoms with van der Waals surface area (Å²) in [6.07, 6.45) is 3.59. The minimum absolute atomic E-state index is 0.308. The number of esters is 1. The van der Waals surface area contributed by atoms with E-state index in [1.165, 1.54) is 6.92 Å². The average Bonchev–Trinajstić information content (AvgIpc) is 2.29. The van der Waals surface area contributed by atoms with Gasteiger partial charge in [0.2, 0.25) is 0 Å². The summed E-state index contributed by atoms with van der Waals surface area (Å²) in [7, 11) is 3.65. The maximum Gasteiger partial charge on any atom is 0.308 e. The van der Waals surface area contributed by atoms with E-state index in [0.29, 0.717) is 5.75 Å². The fourth-order valence-electron chi connectivity index (χ4n) is 0.983. The van der Waals surface area contributed by atoms with Gasteiger partial charge < -0.3 is 14.6 Å². The van der Waals surface area contributed by atoms with E-state index < -0.39 is 0 Å². The Morgan fingerprint density at radius 1 is 1.58 bits per heavy atom. The lowest BCUT2D eigenvalue weighted by Gasteiger charge is -2.00. The predicted octanol–water partition coefficient (Wildman–Crippen LogP) is 0.992. The zero-order valence-electron chi connectivity index (χ0n) is 7.42. The molecule has 0 saturated heterocycles. The third kappa shape index (κ3) is 1.78. The minimum atomic E-state index is -0.308. The maximum absolute atomic E-state index is 10.6. The molecule has 4 heteroatoms. The summed E-state index contributed by atoms with van der Waals surface area (Å²) in [6, 6.07) is 0. The molecule has 1 heterocycles. The van der Waals surface area contributed by atoms with Crippen molar-refractivity contribution in [3.8, 4) is 5.75 Å². The number of aryl methyl sites for hydroxylation is 1. The number of nitrogens with one attached hydrogen (secondary N) is 1. The first-order valence-electron chi connectivity index (χ1n) is 3.65. The van der Waals surface area contributed by atoms with Crippen LogP contribution in [0.3, 0.4) is 0 Å². The van der Waals surface area contributed by atoms with Gasteiger partial charge in [-0.15, -0.1) is 0 Å². The molecule has 0 aliphatic rings. The average molecular weight is 168 g/mol. The molecule has 4 nitrogen and oxygen atoms in total. The Morgan fingerprint density at radius 2 is 2.25 bits per heavy atom. The van der Waals surface area contributed by atoms with Crippen molar-refractivity contribution in [2.24, 2.45) is 7.05 Å². The van der Waals surface area contributed by atoms with Crippen molar-refractivity contribution in [3.05, 3.63) is 12.4 Å². The van der Waals surface area contributed by atoms with Crippen molar-refractivity contribution < 1.29 is 9.53 Å². The normalized spacial score (nSPS) is 9.58. The van der Waals surface area contributed by atoms with Crippen LogP contribution in [0.4, 0.5) is 5.69 Å². The van der Waals surface area contributed by atoms with Gasteiger partial charge in [0.25, 0.3) is 0 Å². The summed E-state index contributed by atoms with van der Waals surface area (Å²) in [4.78, 5) is 10.6. The summed E-state index contributed by atoms with van der Waals surface area (Å²) < 4.78 is 6.76. The van der Waals surface area contributed by atoms with Gasteiger partial charge >= 0.3 is 5.97 Å².